The molecule has 0 aliphatic carbocycles. The van der Waals surface area contributed by atoms with Crippen LogP contribution in [-0.2, 0) is 18.6 Å². The summed E-state index contributed by atoms with van der Waals surface area (Å²) in [6.45, 7) is 0. The van der Waals surface area contributed by atoms with Crippen LogP contribution in [0.1, 0.15) is 11.4 Å². The minimum Gasteiger partial charge on any atom is -0.507 e. The van der Waals surface area contributed by atoms with E-state index in [1.807, 2.05) is 42.1 Å². The number of aryl methyl sites for hydroxylation is 1. The Hall–Kier alpha value is -1.59. The summed E-state index contributed by atoms with van der Waals surface area (Å²) in [6, 6.07) is 13.9. The lowest BCUT2D eigenvalue weighted by Crippen LogP contribution is -1.96. The second-order valence-corrected chi connectivity index (χ2v) is 6.23. The molecule has 0 fully saturated rings. The Morgan fingerprint density at radius 2 is 2.05 bits per heavy atom. The van der Waals surface area contributed by atoms with E-state index in [-0.39, 0.29) is 0 Å². The maximum atomic E-state index is 10.1. The molecule has 0 unspecified atom stereocenters. The zero-order chi connectivity index (χ0) is 14.8. The molecule has 0 saturated carbocycles. The van der Waals surface area contributed by atoms with Gasteiger partial charge in [0.05, 0.1) is 5.69 Å². The zero-order valence-electron chi connectivity index (χ0n) is 11.7. The number of benzene rings is 2. The van der Waals surface area contributed by atoms with Crippen molar-refractivity contribution in [2.24, 2.45) is 7.05 Å². The van der Waals surface area contributed by atoms with E-state index < -0.39 is 0 Å². The number of thioether (sulfide) groups is 1. The van der Waals surface area contributed by atoms with Crippen molar-refractivity contribution in [1.82, 2.24) is 9.78 Å². The van der Waals surface area contributed by atoms with Crippen LogP contribution in [0, 0.1) is 0 Å². The van der Waals surface area contributed by atoms with Gasteiger partial charge in [-0.2, -0.15) is 17.7 Å². The predicted molar refractivity (Wildman–Crippen MR) is 91.1 cm³/mol. The second kappa shape index (κ2) is 6.03. The van der Waals surface area contributed by atoms with Crippen molar-refractivity contribution in [3.63, 3.8) is 0 Å². The van der Waals surface area contributed by atoms with Gasteiger partial charge >= 0.3 is 0 Å². The van der Waals surface area contributed by atoms with Gasteiger partial charge in [0.1, 0.15) is 5.75 Å². The van der Waals surface area contributed by atoms with Gasteiger partial charge in [-0.05, 0) is 23.6 Å². The van der Waals surface area contributed by atoms with Gasteiger partial charge < -0.3 is 5.11 Å². The van der Waals surface area contributed by atoms with E-state index in [9.17, 15) is 5.11 Å². The Balaban J connectivity index is 1.83. The van der Waals surface area contributed by atoms with Crippen molar-refractivity contribution in [2.75, 3.05) is 0 Å². The lowest BCUT2D eigenvalue weighted by Gasteiger charge is -2.06. The van der Waals surface area contributed by atoms with E-state index in [0.717, 1.165) is 32.8 Å². The fourth-order valence-electron chi connectivity index (χ4n) is 2.29. The van der Waals surface area contributed by atoms with Gasteiger partial charge in [-0.1, -0.05) is 24.3 Å². The topological polar surface area (TPSA) is 38.0 Å². The number of phenols is 1. The fraction of sp³-hybridized carbons (Fsp3) is 0.188. The van der Waals surface area contributed by atoms with Crippen molar-refractivity contribution in [1.29, 1.82) is 0 Å². The summed E-state index contributed by atoms with van der Waals surface area (Å²) < 4.78 is 1.89. The summed E-state index contributed by atoms with van der Waals surface area (Å²) in [6.07, 6.45) is 0. The van der Waals surface area contributed by atoms with Crippen molar-refractivity contribution in [3.05, 3.63) is 53.9 Å². The van der Waals surface area contributed by atoms with Crippen LogP contribution in [0.25, 0.3) is 10.8 Å². The Bertz CT molecular complexity index is 783. The van der Waals surface area contributed by atoms with Crippen LogP contribution in [-0.4, -0.2) is 14.9 Å². The molecule has 0 amide bonds. The number of nitrogens with zero attached hydrogens (tertiary/aromatic N) is 2. The van der Waals surface area contributed by atoms with Gasteiger partial charge in [-0.3, -0.25) is 4.68 Å². The van der Waals surface area contributed by atoms with Crippen LogP contribution < -0.4 is 0 Å². The number of phenolic OH excluding ortho intramolecular Hbond substituents is 1. The van der Waals surface area contributed by atoms with Crippen LogP contribution in [0.4, 0.5) is 0 Å². The lowest BCUT2D eigenvalue weighted by atomic mass is 10.1. The summed E-state index contributed by atoms with van der Waals surface area (Å²) in [4.78, 5) is 1.06. The van der Waals surface area contributed by atoms with Crippen molar-refractivity contribution < 1.29 is 5.11 Å². The summed E-state index contributed by atoms with van der Waals surface area (Å²) in [7, 11) is 1.95. The first-order valence-electron chi connectivity index (χ1n) is 6.64. The second-order valence-electron chi connectivity index (χ2n) is 4.86. The third-order valence-electron chi connectivity index (χ3n) is 3.39. The molecule has 0 radical (unpaired) electrons. The predicted octanol–water partition coefficient (Wildman–Crippen LogP) is 4.00. The van der Waals surface area contributed by atoms with Gasteiger partial charge in [-0.15, -0.1) is 11.8 Å². The summed E-state index contributed by atoms with van der Waals surface area (Å²) in [5, 5.41) is 16.4. The van der Waals surface area contributed by atoms with Crippen LogP contribution >= 0.6 is 24.4 Å². The first-order valence-corrected chi connectivity index (χ1v) is 8.26. The highest BCUT2D eigenvalue weighted by atomic mass is 32.2. The molecule has 0 saturated heterocycles. The highest BCUT2D eigenvalue weighted by Gasteiger charge is 2.07. The first-order chi connectivity index (χ1) is 10.2. The molecule has 1 heterocycles. The average Bonchev–Trinajstić information content (AvgIpc) is 2.86. The minimum absolute atomic E-state index is 0.330. The van der Waals surface area contributed by atoms with Crippen LogP contribution in [0.2, 0.25) is 0 Å². The van der Waals surface area contributed by atoms with Gasteiger partial charge in [0.15, 0.2) is 0 Å². The van der Waals surface area contributed by atoms with E-state index in [0.29, 0.717) is 11.5 Å². The molecular formula is C16H16N2OS2. The number of hydrogen-bond acceptors (Lipinski definition) is 4. The van der Waals surface area contributed by atoms with Crippen molar-refractivity contribution >= 4 is 35.2 Å². The molecule has 0 aliphatic rings. The van der Waals surface area contributed by atoms with E-state index in [4.69, 9.17) is 0 Å². The maximum Gasteiger partial charge on any atom is 0.124 e. The van der Waals surface area contributed by atoms with Crippen LogP contribution in [0.3, 0.4) is 0 Å². The molecule has 1 aromatic heterocycles. The van der Waals surface area contributed by atoms with Gasteiger partial charge in [-0.25, -0.2) is 0 Å². The van der Waals surface area contributed by atoms with Crippen molar-refractivity contribution in [3.8, 4) is 5.75 Å². The zero-order valence-corrected chi connectivity index (χ0v) is 13.4. The Morgan fingerprint density at radius 1 is 1.24 bits per heavy atom. The van der Waals surface area contributed by atoms with Gasteiger partial charge in [0.2, 0.25) is 0 Å². The molecular weight excluding hydrogens is 300 g/mol. The monoisotopic (exact) mass is 316 g/mol. The molecule has 3 nitrogen and oxygen atoms in total. The molecule has 0 spiro atoms. The number of fused-ring (bicyclic) bond motifs is 1. The summed E-state index contributed by atoms with van der Waals surface area (Å²) >= 11 is 5.94. The van der Waals surface area contributed by atoms with Gasteiger partial charge in [0, 0.05) is 34.5 Å². The van der Waals surface area contributed by atoms with E-state index >= 15 is 0 Å². The third-order valence-corrected chi connectivity index (χ3v) is 4.72. The molecule has 0 atom stereocenters. The smallest absolute Gasteiger partial charge is 0.124 e. The normalized spacial score (nSPS) is 11.1. The molecule has 2 aromatic carbocycles. The Kier molecular flexibility index (Phi) is 4.12. The molecule has 5 heteroatoms. The van der Waals surface area contributed by atoms with E-state index in [2.05, 4.69) is 29.9 Å². The minimum atomic E-state index is 0.330. The molecule has 0 bridgehead atoms. The standard InChI is InChI=1S/C16H16N2OS2/c1-18-13(7-12(9-20)17-18)10-21-14-6-11-4-2-3-5-15(11)16(19)8-14/h2-8,19-20H,9-10H2,1H3. The van der Waals surface area contributed by atoms with Crippen molar-refractivity contribution in [2.45, 2.75) is 16.4 Å². The summed E-state index contributed by atoms with van der Waals surface area (Å²) in [5.41, 5.74) is 2.13. The lowest BCUT2D eigenvalue weighted by molar-refractivity contribution is 0.480. The molecule has 3 rings (SSSR count). The molecule has 0 aliphatic heterocycles. The molecule has 108 valence electrons. The molecule has 1 N–H and O–H groups in total. The highest BCUT2D eigenvalue weighted by molar-refractivity contribution is 7.98. The van der Waals surface area contributed by atoms with Crippen LogP contribution in [0.5, 0.6) is 5.75 Å². The highest BCUT2D eigenvalue weighted by Crippen LogP contribution is 2.32. The largest absolute Gasteiger partial charge is 0.507 e. The average molecular weight is 316 g/mol. The number of hydrogen-bond donors (Lipinski definition) is 2. The Morgan fingerprint density at radius 3 is 2.81 bits per heavy atom. The maximum absolute atomic E-state index is 10.1. The number of aromatic hydroxyl groups is 1. The third kappa shape index (κ3) is 3.04. The van der Waals surface area contributed by atoms with Crippen LogP contribution in [0.15, 0.2) is 47.4 Å². The van der Waals surface area contributed by atoms with E-state index in [1.54, 1.807) is 11.8 Å². The summed E-state index contributed by atoms with van der Waals surface area (Å²) in [5.74, 6) is 1.79. The Labute approximate surface area is 133 Å². The number of aromatic nitrogens is 2. The van der Waals surface area contributed by atoms with E-state index in [1.165, 1.54) is 0 Å². The van der Waals surface area contributed by atoms with Gasteiger partial charge in [0.25, 0.3) is 0 Å². The first kappa shape index (κ1) is 14.4. The molecule has 21 heavy (non-hydrogen) atoms. The number of thiol groups is 1. The molecule has 3 aromatic rings. The fourth-order valence-corrected chi connectivity index (χ4v) is 3.43. The quantitative estimate of drug-likeness (QED) is 0.564. The number of rotatable bonds is 4. The SMILES string of the molecule is Cn1nc(CS)cc1CSc1cc(O)c2ccccc2c1.